The smallest absolute Gasteiger partial charge is 0.355 e. The minimum Gasteiger partial charge on any atom is -0.466 e. The summed E-state index contributed by atoms with van der Waals surface area (Å²) >= 11 is 0. The highest BCUT2D eigenvalue weighted by Gasteiger charge is 2.51. The average molecular weight is 470 g/mol. The zero-order valence-electron chi connectivity index (χ0n) is 19.7. The standard InChI is InChI=1S/C26H31NO7/c1-31-24(29)21-13-33-15-27(22(21)25(30)32-2)20-5-3-4-19(9-20)23(28)34-14-26-10-16-6-17(11-26)8-18(7-16)12-26/h3-5,9,16-18H,6-8,10-15H2,1-2H3. The number of esters is 3. The molecule has 34 heavy (non-hydrogen) atoms. The van der Waals surface area contributed by atoms with Gasteiger partial charge in [0.1, 0.15) is 12.4 Å². The fourth-order valence-corrected chi connectivity index (χ4v) is 6.92. The van der Waals surface area contributed by atoms with Crippen molar-refractivity contribution in [1.29, 1.82) is 0 Å². The van der Waals surface area contributed by atoms with Crippen molar-refractivity contribution in [1.82, 2.24) is 0 Å². The molecular formula is C26H31NO7. The maximum absolute atomic E-state index is 13.0. The fraction of sp³-hybridized carbons (Fsp3) is 0.577. The number of anilines is 1. The highest BCUT2D eigenvalue weighted by molar-refractivity contribution is 6.03. The molecule has 1 aromatic rings. The van der Waals surface area contributed by atoms with Gasteiger partial charge in [0.2, 0.25) is 0 Å². The third kappa shape index (κ3) is 4.19. The van der Waals surface area contributed by atoms with Gasteiger partial charge in [-0.15, -0.1) is 0 Å². The zero-order chi connectivity index (χ0) is 23.9. The number of rotatable bonds is 6. The lowest BCUT2D eigenvalue weighted by molar-refractivity contribution is -0.140. The Labute approximate surface area is 199 Å². The summed E-state index contributed by atoms with van der Waals surface area (Å²) in [6.07, 6.45) is 7.54. The molecule has 0 N–H and O–H groups in total. The molecule has 1 aliphatic heterocycles. The lowest BCUT2D eigenvalue weighted by Crippen LogP contribution is -2.48. The summed E-state index contributed by atoms with van der Waals surface area (Å²) in [6, 6.07) is 6.80. The first-order chi connectivity index (χ1) is 16.4. The molecule has 4 bridgehead atoms. The first kappa shape index (κ1) is 22.9. The van der Waals surface area contributed by atoms with Gasteiger partial charge in [-0.3, -0.25) is 0 Å². The molecule has 0 atom stereocenters. The third-order valence-corrected chi connectivity index (χ3v) is 7.90. The second kappa shape index (κ2) is 9.06. The van der Waals surface area contributed by atoms with E-state index in [4.69, 9.17) is 18.9 Å². The summed E-state index contributed by atoms with van der Waals surface area (Å²) < 4.78 is 21.1. The van der Waals surface area contributed by atoms with Crippen LogP contribution in [0.1, 0.15) is 48.9 Å². The molecule has 5 aliphatic rings. The Kier molecular flexibility index (Phi) is 6.10. The van der Waals surface area contributed by atoms with Crippen LogP contribution in [0.15, 0.2) is 35.5 Å². The molecule has 8 heteroatoms. The molecular weight excluding hydrogens is 438 g/mol. The third-order valence-electron chi connectivity index (χ3n) is 7.90. The monoisotopic (exact) mass is 469 g/mol. The Hall–Kier alpha value is -2.87. The topological polar surface area (TPSA) is 91.4 Å². The van der Waals surface area contributed by atoms with Crippen LogP contribution < -0.4 is 4.90 Å². The van der Waals surface area contributed by atoms with Gasteiger partial charge in [-0.2, -0.15) is 0 Å². The molecule has 0 amide bonds. The molecule has 0 spiro atoms. The molecule has 8 nitrogen and oxygen atoms in total. The lowest BCUT2D eigenvalue weighted by Gasteiger charge is -2.56. The predicted octanol–water partition coefficient (Wildman–Crippen LogP) is 3.45. The molecule has 1 heterocycles. The van der Waals surface area contributed by atoms with E-state index in [1.54, 1.807) is 24.3 Å². The minimum absolute atomic E-state index is 0.0245. The molecule has 1 aromatic carbocycles. The Bertz CT molecular complexity index is 994. The van der Waals surface area contributed by atoms with Gasteiger partial charge in [0, 0.05) is 11.1 Å². The molecule has 0 saturated heterocycles. The van der Waals surface area contributed by atoms with E-state index in [2.05, 4.69) is 0 Å². The van der Waals surface area contributed by atoms with E-state index in [0.29, 0.717) is 17.9 Å². The van der Waals surface area contributed by atoms with Crippen LogP contribution in [0.2, 0.25) is 0 Å². The summed E-state index contributed by atoms with van der Waals surface area (Å²) in [4.78, 5) is 39.3. The Morgan fingerprint density at radius 2 is 1.62 bits per heavy atom. The highest BCUT2D eigenvalue weighted by Crippen LogP contribution is 2.60. The van der Waals surface area contributed by atoms with E-state index < -0.39 is 11.9 Å². The van der Waals surface area contributed by atoms with E-state index in [1.165, 1.54) is 57.6 Å². The van der Waals surface area contributed by atoms with Gasteiger partial charge in [-0.05, 0) is 74.5 Å². The van der Waals surface area contributed by atoms with Crippen molar-refractivity contribution in [3.05, 3.63) is 41.1 Å². The quantitative estimate of drug-likeness (QED) is 0.462. The largest absolute Gasteiger partial charge is 0.466 e. The van der Waals surface area contributed by atoms with Crippen LogP contribution >= 0.6 is 0 Å². The number of ether oxygens (including phenoxy) is 4. The Morgan fingerprint density at radius 3 is 2.24 bits per heavy atom. The molecule has 4 aliphatic carbocycles. The number of methoxy groups -OCH3 is 2. The van der Waals surface area contributed by atoms with E-state index in [1.807, 2.05) is 0 Å². The van der Waals surface area contributed by atoms with Crippen molar-refractivity contribution in [3.63, 3.8) is 0 Å². The van der Waals surface area contributed by atoms with Crippen molar-refractivity contribution in [2.75, 3.05) is 39.1 Å². The maximum Gasteiger partial charge on any atom is 0.355 e. The molecule has 0 aromatic heterocycles. The van der Waals surface area contributed by atoms with Crippen molar-refractivity contribution in [3.8, 4) is 0 Å². The number of carbonyl (C=O) groups is 3. The average Bonchev–Trinajstić information content (AvgIpc) is 2.85. The van der Waals surface area contributed by atoms with E-state index >= 15 is 0 Å². The van der Waals surface area contributed by atoms with Gasteiger partial charge in [-0.1, -0.05) is 6.07 Å². The van der Waals surface area contributed by atoms with Gasteiger partial charge >= 0.3 is 17.9 Å². The van der Waals surface area contributed by atoms with Crippen molar-refractivity contribution in [2.24, 2.45) is 23.2 Å². The number of hydrogen-bond acceptors (Lipinski definition) is 8. The summed E-state index contributed by atoms with van der Waals surface area (Å²) in [6.45, 7) is 0.420. The van der Waals surface area contributed by atoms with Crippen LogP contribution in [0.5, 0.6) is 0 Å². The molecule has 0 radical (unpaired) electrons. The van der Waals surface area contributed by atoms with Crippen molar-refractivity contribution in [2.45, 2.75) is 38.5 Å². The predicted molar refractivity (Wildman–Crippen MR) is 122 cm³/mol. The Balaban J connectivity index is 1.34. The maximum atomic E-state index is 13.0. The van der Waals surface area contributed by atoms with Gasteiger partial charge in [0.25, 0.3) is 0 Å². The van der Waals surface area contributed by atoms with Gasteiger partial charge in [-0.25, -0.2) is 14.4 Å². The van der Waals surface area contributed by atoms with Gasteiger partial charge in [0.05, 0.1) is 38.6 Å². The number of nitrogens with zero attached hydrogens (tertiary/aromatic N) is 1. The second-order valence-electron chi connectivity index (χ2n) is 10.3. The van der Waals surface area contributed by atoms with Crippen LogP contribution in [0.4, 0.5) is 5.69 Å². The van der Waals surface area contributed by atoms with Crippen LogP contribution in [-0.4, -0.2) is 52.1 Å². The molecule has 4 fully saturated rings. The first-order valence-corrected chi connectivity index (χ1v) is 11.9. The number of hydrogen-bond donors (Lipinski definition) is 0. The fourth-order valence-electron chi connectivity index (χ4n) is 6.92. The van der Waals surface area contributed by atoms with E-state index in [-0.39, 0.29) is 36.0 Å². The van der Waals surface area contributed by atoms with Crippen molar-refractivity contribution < 1.29 is 33.3 Å². The summed E-state index contributed by atoms with van der Waals surface area (Å²) in [5, 5.41) is 0. The Morgan fingerprint density at radius 1 is 0.971 bits per heavy atom. The molecule has 182 valence electrons. The summed E-state index contributed by atoms with van der Waals surface area (Å²) in [5.41, 5.74) is 1.15. The molecule has 0 unspecified atom stereocenters. The lowest BCUT2D eigenvalue weighted by atomic mass is 9.50. The van der Waals surface area contributed by atoms with E-state index in [0.717, 1.165) is 17.8 Å². The zero-order valence-corrected chi connectivity index (χ0v) is 19.7. The van der Waals surface area contributed by atoms with Crippen LogP contribution in [0.3, 0.4) is 0 Å². The first-order valence-electron chi connectivity index (χ1n) is 11.9. The summed E-state index contributed by atoms with van der Waals surface area (Å²) in [7, 11) is 2.49. The number of benzene rings is 1. The molecule has 4 saturated carbocycles. The number of carbonyl (C=O) groups excluding carboxylic acids is 3. The van der Waals surface area contributed by atoms with Crippen molar-refractivity contribution >= 4 is 23.6 Å². The van der Waals surface area contributed by atoms with Crippen LogP contribution in [0.25, 0.3) is 0 Å². The van der Waals surface area contributed by atoms with Crippen LogP contribution in [0, 0.1) is 23.2 Å². The minimum atomic E-state index is -0.682. The van der Waals surface area contributed by atoms with E-state index in [9.17, 15) is 14.4 Å². The SMILES string of the molecule is COC(=O)C1=C(C(=O)OC)N(c2cccc(C(=O)OCC34CC5CC(CC(C5)C3)C4)c2)COC1. The molecule has 6 rings (SSSR count). The normalized spacial score (nSPS) is 29.7. The van der Waals surface area contributed by atoms with Crippen LogP contribution in [-0.2, 0) is 28.5 Å². The highest BCUT2D eigenvalue weighted by atomic mass is 16.5. The summed E-state index contributed by atoms with van der Waals surface area (Å²) in [5.74, 6) is 0.641. The van der Waals surface area contributed by atoms with Gasteiger partial charge in [0.15, 0.2) is 0 Å². The second-order valence-corrected chi connectivity index (χ2v) is 10.3. The van der Waals surface area contributed by atoms with Gasteiger partial charge < -0.3 is 23.8 Å².